The van der Waals surface area contributed by atoms with Crippen molar-refractivity contribution < 1.29 is 18.8 Å². The van der Waals surface area contributed by atoms with E-state index in [1.165, 1.54) is 11.8 Å². The number of benzene rings is 3. The van der Waals surface area contributed by atoms with Crippen LogP contribution >= 0.6 is 11.8 Å². The van der Waals surface area contributed by atoms with Gasteiger partial charge in [-0.3, -0.25) is 4.79 Å². The zero-order chi connectivity index (χ0) is 23.0. The lowest BCUT2D eigenvalue weighted by atomic mass is 10.2. The Labute approximate surface area is 196 Å². The number of amides is 1. The smallest absolute Gasteiger partial charge is 0.256 e. The SMILES string of the molecule is CCOc1ccc(Oc2ccc(NC(=O)c3ccccc3SCc3noc(C)n3)cc2)cc1. The minimum absolute atomic E-state index is 0.192. The Morgan fingerprint density at radius 2 is 1.64 bits per heavy atom. The molecule has 0 saturated heterocycles. The minimum Gasteiger partial charge on any atom is -0.494 e. The van der Waals surface area contributed by atoms with E-state index in [-0.39, 0.29) is 5.91 Å². The molecule has 0 aliphatic heterocycles. The molecule has 0 unspecified atom stereocenters. The number of aromatic nitrogens is 2. The van der Waals surface area contributed by atoms with Gasteiger partial charge in [-0.2, -0.15) is 4.98 Å². The minimum atomic E-state index is -0.192. The van der Waals surface area contributed by atoms with Gasteiger partial charge in [0.15, 0.2) is 5.82 Å². The van der Waals surface area contributed by atoms with E-state index in [2.05, 4.69) is 15.5 Å². The van der Waals surface area contributed by atoms with Crippen LogP contribution in [0.3, 0.4) is 0 Å². The predicted octanol–water partition coefficient (Wildman–Crippen LogP) is 6.11. The van der Waals surface area contributed by atoms with E-state index in [1.54, 1.807) is 25.1 Å². The first-order valence-corrected chi connectivity index (χ1v) is 11.4. The number of thioether (sulfide) groups is 1. The number of anilines is 1. The average Bonchev–Trinajstić information content (AvgIpc) is 3.25. The summed E-state index contributed by atoms with van der Waals surface area (Å²) < 4.78 is 16.3. The fraction of sp³-hybridized carbons (Fsp3) is 0.160. The van der Waals surface area contributed by atoms with E-state index in [4.69, 9.17) is 14.0 Å². The molecule has 0 saturated carbocycles. The van der Waals surface area contributed by atoms with Crippen LogP contribution in [0.5, 0.6) is 17.2 Å². The second kappa shape index (κ2) is 10.7. The fourth-order valence-corrected chi connectivity index (χ4v) is 3.93. The highest BCUT2D eigenvalue weighted by Gasteiger charge is 2.13. The largest absolute Gasteiger partial charge is 0.494 e. The van der Waals surface area contributed by atoms with Crippen molar-refractivity contribution in [2.24, 2.45) is 0 Å². The molecule has 0 spiro atoms. The first kappa shape index (κ1) is 22.4. The van der Waals surface area contributed by atoms with E-state index in [1.807, 2.05) is 61.5 Å². The lowest BCUT2D eigenvalue weighted by Gasteiger charge is -2.11. The van der Waals surface area contributed by atoms with Gasteiger partial charge in [-0.05, 0) is 67.6 Å². The van der Waals surface area contributed by atoms with Crippen molar-refractivity contribution in [3.05, 3.63) is 90.1 Å². The number of nitrogens with zero attached hydrogens (tertiary/aromatic N) is 2. The second-order valence-corrected chi connectivity index (χ2v) is 8.02. The second-order valence-electron chi connectivity index (χ2n) is 7.00. The summed E-state index contributed by atoms with van der Waals surface area (Å²) in [5.41, 5.74) is 1.25. The summed E-state index contributed by atoms with van der Waals surface area (Å²) in [7, 11) is 0. The molecule has 33 heavy (non-hydrogen) atoms. The molecule has 0 radical (unpaired) electrons. The summed E-state index contributed by atoms with van der Waals surface area (Å²) in [6, 6.07) is 22.1. The van der Waals surface area contributed by atoms with Crippen molar-refractivity contribution in [1.29, 1.82) is 0 Å². The maximum absolute atomic E-state index is 12.9. The molecule has 1 aromatic heterocycles. The average molecular weight is 462 g/mol. The summed E-state index contributed by atoms with van der Waals surface area (Å²) in [5.74, 6) is 3.61. The van der Waals surface area contributed by atoms with E-state index >= 15 is 0 Å². The van der Waals surface area contributed by atoms with Crippen LogP contribution in [0.4, 0.5) is 5.69 Å². The molecular formula is C25H23N3O4S. The molecule has 1 heterocycles. The molecule has 8 heteroatoms. The molecule has 4 aromatic rings. The van der Waals surface area contributed by atoms with Gasteiger partial charge in [-0.15, -0.1) is 11.8 Å². The number of rotatable bonds is 9. The van der Waals surface area contributed by atoms with E-state index in [0.29, 0.717) is 46.8 Å². The first-order chi connectivity index (χ1) is 16.1. The van der Waals surface area contributed by atoms with Crippen LogP contribution in [0.1, 0.15) is 29.0 Å². The number of hydrogen-bond donors (Lipinski definition) is 1. The molecule has 1 N–H and O–H groups in total. The highest BCUT2D eigenvalue weighted by Crippen LogP contribution is 2.28. The molecule has 168 valence electrons. The van der Waals surface area contributed by atoms with Crippen molar-refractivity contribution in [2.75, 3.05) is 11.9 Å². The van der Waals surface area contributed by atoms with Gasteiger partial charge in [0, 0.05) is 17.5 Å². The third-order valence-electron chi connectivity index (χ3n) is 4.54. The van der Waals surface area contributed by atoms with Crippen LogP contribution in [0.25, 0.3) is 0 Å². The van der Waals surface area contributed by atoms with Gasteiger partial charge in [0.2, 0.25) is 5.89 Å². The summed E-state index contributed by atoms with van der Waals surface area (Å²) in [5, 5.41) is 6.84. The van der Waals surface area contributed by atoms with E-state index in [0.717, 1.165) is 10.6 Å². The van der Waals surface area contributed by atoms with Gasteiger partial charge < -0.3 is 19.3 Å². The third-order valence-corrected chi connectivity index (χ3v) is 5.61. The molecule has 0 atom stereocenters. The van der Waals surface area contributed by atoms with Gasteiger partial charge in [0.25, 0.3) is 5.91 Å². The number of carbonyl (C=O) groups excluding carboxylic acids is 1. The standard InChI is InChI=1S/C25H23N3O4S/c1-3-30-19-12-14-21(15-13-19)31-20-10-8-18(9-11-20)27-25(29)22-6-4-5-7-23(22)33-16-24-26-17(2)32-28-24/h4-15H,3,16H2,1-2H3,(H,27,29). The number of hydrogen-bond acceptors (Lipinski definition) is 7. The topological polar surface area (TPSA) is 86.5 Å². The van der Waals surface area contributed by atoms with Gasteiger partial charge in [-0.1, -0.05) is 17.3 Å². The Kier molecular flexibility index (Phi) is 7.26. The normalized spacial score (nSPS) is 10.6. The third kappa shape index (κ3) is 6.14. The van der Waals surface area contributed by atoms with Gasteiger partial charge in [0.1, 0.15) is 17.2 Å². The Morgan fingerprint density at radius 3 is 2.30 bits per heavy atom. The summed E-state index contributed by atoms with van der Waals surface area (Å²) in [6.07, 6.45) is 0. The van der Waals surface area contributed by atoms with Gasteiger partial charge >= 0.3 is 0 Å². The molecule has 0 fully saturated rings. The van der Waals surface area contributed by atoms with Crippen LogP contribution in [-0.2, 0) is 5.75 Å². The number of aryl methyl sites for hydroxylation is 1. The fourth-order valence-electron chi connectivity index (χ4n) is 3.03. The van der Waals surface area contributed by atoms with Crippen molar-refractivity contribution in [2.45, 2.75) is 24.5 Å². The molecule has 0 aliphatic rings. The van der Waals surface area contributed by atoms with E-state index < -0.39 is 0 Å². The summed E-state index contributed by atoms with van der Waals surface area (Å²) >= 11 is 1.49. The van der Waals surface area contributed by atoms with Crippen molar-refractivity contribution in [3.63, 3.8) is 0 Å². The lowest BCUT2D eigenvalue weighted by molar-refractivity contribution is 0.102. The van der Waals surface area contributed by atoms with E-state index in [9.17, 15) is 4.79 Å². The molecule has 0 aliphatic carbocycles. The lowest BCUT2D eigenvalue weighted by Crippen LogP contribution is -2.12. The van der Waals surface area contributed by atoms with Gasteiger partial charge in [0.05, 0.1) is 17.9 Å². The molecule has 0 bridgehead atoms. The Morgan fingerprint density at radius 1 is 0.970 bits per heavy atom. The number of ether oxygens (including phenoxy) is 2. The highest BCUT2D eigenvalue weighted by atomic mass is 32.2. The zero-order valence-electron chi connectivity index (χ0n) is 18.3. The van der Waals surface area contributed by atoms with Crippen molar-refractivity contribution in [1.82, 2.24) is 10.1 Å². The molecule has 3 aromatic carbocycles. The van der Waals surface area contributed by atoms with Crippen LogP contribution in [0.15, 0.2) is 82.2 Å². The molecule has 7 nitrogen and oxygen atoms in total. The quantitative estimate of drug-likeness (QED) is 0.301. The summed E-state index contributed by atoms with van der Waals surface area (Å²) in [4.78, 5) is 17.9. The van der Waals surface area contributed by atoms with Gasteiger partial charge in [-0.25, -0.2) is 0 Å². The van der Waals surface area contributed by atoms with Crippen molar-refractivity contribution in [3.8, 4) is 17.2 Å². The number of carbonyl (C=O) groups is 1. The Bertz CT molecular complexity index is 1210. The molecule has 1 amide bonds. The van der Waals surface area contributed by atoms with Crippen LogP contribution in [-0.4, -0.2) is 22.7 Å². The number of nitrogens with one attached hydrogen (secondary N) is 1. The Hall–Kier alpha value is -3.78. The first-order valence-electron chi connectivity index (χ1n) is 10.4. The maximum atomic E-state index is 12.9. The molecule has 4 rings (SSSR count). The highest BCUT2D eigenvalue weighted by molar-refractivity contribution is 7.98. The van der Waals surface area contributed by atoms with Crippen LogP contribution < -0.4 is 14.8 Å². The van der Waals surface area contributed by atoms with Crippen molar-refractivity contribution >= 4 is 23.4 Å². The maximum Gasteiger partial charge on any atom is 0.256 e. The summed E-state index contributed by atoms with van der Waals surface area (Å²) in [6.45, 7) is 4.31. The zero-order valence-corrected chi connectivity index (χ0v) is 19.1. The Balaban J connectivity index is 1.37. The van der Waals surface area contributed by atoms with Crippen LogP contribution in [0.2, 0.25) is 0 Å². The predicted molar refractivity (Wildman–Crippen MR) is 127 cm³/mol. The molecular weight excluding hydrogens is 438 g/mol. The monoisotopic (exact) mass is 461 g/mol. The van der Waals surface area contributed by atoms with Crippen LogP contribution in [0, 0.1) is 6.92 Å².